The van der Waals surface area contributed by atoms with Crippen LogP contribution in [0.25, 0.3) is 43.6 Å². The summed E-state index contributed by atoms with van der Waals surface area (Å²) in [5, 5.41) is 3.16. The highest BCUT2D eigenvalue weighted by atomic mass is 32.2. The number of thiophene rings is 1. The second-order valence-electron chi connectivity index (χ2n) is 8.86. The van der Waals surface area contributed by atoms with Crippen molar-refractivity contribution < 1.29 is 13.2 Å². The zero-order chi connectivity index (χ0) is 24.2. The summed E-state index contributed by atoms with van der Waals surface area (Å²) in [7, 11) is -3.26. The molecule has 6 rings (SSSR count). The van der Waals surface area contributed by atoms with Gasteiger partial charge in [-0.1, -0.05) is 24.3 Å². The fourth-order valence-electron chi connectivity index (χ4n) is 4.63. The second kappa shape index (κ2) is 8.44. The Labute approximate surface area is 207 Å². The molecule has 3 aromatic heterocycles. The van der Waals surface area contributed by atoms with Crippen LogP contribution in [0.1, 0.15) is 6.92 Å². The van der Waals surface area contributed by atoms with Gasteiger partial charge in [-0.05, 0) is 36.8 Å². The van der Waals surface area contributed by atoms with Crippen molar-refractivity contribution in [2.24, 2.45) is 0 Å². The summed E-state index contributed by atoms with van der Waals surface area (Å²) in [6, 6.07) is 15.4. The van der Waals surface area contributed by atoms with E-state index in [1.807, 2.05) is 36.5 Å². The SMILES string of the molecule is C[C@@H]1COCCN1c1nc(-c2cccc3[nH]ccc23)nc2c(-c3ccc(S(C)(=O)=O)cc3)csc12. The Balaban J connectivity index is 1.58. The highest BCUT2D eigenvalue weighted by Crippen LogP contribution is 2.40. The fourth-order valence-corrected chi connectivity index (χ4v) is 6.28. The van der Waals surface area contributed by atoms with E-state index in [0.717, 1.165) is 50.2 Å². The first kappa shape index (κ1) is 22.2. The number of hydrogen-bond acceptors (Lipinski definition) is 7. The molecule has 0 saturated carbocycles. The Hall–Kier alpha value is -3.27. The standard InChI is InChI=1S/C26H24N4O3S2/c1-16-14-33-13-12-30(16)26-24-23(21(15-34-24)17-6-8-18(9-7-17)35(2,31)32)28-25(29-26)20-4-3-5-22-19(20)10-11-27-22/h3-11,15-16,27H,12-14H2,1-2H3/t16-/m1/s1. The Kier molecular flexibility index (Phi) is 5.36. The number of benzene rings is 2. The molecule has 9 heteroatoms. The molecule has 1 fully saturated rings. The maximum atomic E-state index is 11.9. The van der Waals surface area contributed by atoms with Crippen molar-refractivity contribution in [3.8, 4) is 22.5 Å². The predicted molar refractivity (Wildman–Crippen MR) is 141 cm³/mol. The largest absolute Gasteiger partial charge is 0.377 e. The highest BCUT2D eigenvalue weighted by molar-refractivity contribution is 7.90. The summed E-state index contributed by atoms with van der Waals surface area (Å²) < 4.78 is 30.6. The Morgan fingerprint density at radius 2 is 1.91 bits per heavy atom. The lowest BCUT2D eigenvalue weighted by atomic mass is 10.1. The number of ether oxygens (including phenoxy) is 1. The molecule has 1 N–H and O–H groups in total. The van der Waals surface area contributed by atoms with Gasteiger partial charge in [0.1, 0.15) is 0 Å². The molecular formula is C26H24N4O3S2. The summed E-state index contributed by atoms with van der Waals surface area (Å²) in [4.78, 5) is 16.1. The Bertz CT molecular complexity index is 1660. The normalized spacial score (nSPS) is 16.9. The van der Waals surface area contributed by atoms with Crippen LogP contribution in [0.3, 0.4) is 0 Å². The zero-order valence-electron chi connectivity index (χ0n) is 19.4. The first-order valence-corrected chi connectivity index (χ1v) is 14.2. The van der Waals surface area contributed by atoms with Gasteiger partial charge in [-0.2, -0.15) is 0 Å². The lowest BCUT2D eigenvalue weighted by Crippen LogP contribution is -2.44. The number of nitrogens with one attached hydrogen (secondary N) is 1. The van der Waals surface area contributed by atoms with Crippen LogP contribution in [0.4, 0.5) is 5.82 Å². The number of anilines is 1. The van der Waals surface area contributed by atoms with Crippen molar-refractivity contribution in [3.63, 3.8) is 0 Å². The van der Waals surface area contributed by atoms with Crippen molar-refractivity contribution in [2.75, 3.05) is 30.9 Å². The molecule has 2 aromatic carbocycles. The van der Waals surface area contributed by atoms with E-state index in [-0.39, 0.29) is 6.04 Å². The summed E-state index contributed by atoms with van der Waals surface area (Å²) in [6.07, 6.45) is 3.15. The van der Waals surface area contributed by atoms with E-state index >= 15 is 0 Å². The molecule has 1 aliphatic heterocycles. The third kappa shape index (κ3) is 3.89. The van der Waals surface area contributed by atoms with Crippen molar-refractivity contribution in [1.82, 2.24) is 15.0 Å². The summed E-state index contributed by atoms with van der Waals surface area (Å²) in [5.74, 6) is 1.58. The van der Waals surface area contributed by atoms with E-state index in [0.29, 0.717) is 23.9 Å². The van der Waals surface area contributed by atoms with Gasteiger partial charge >= 0.3 is 0 Å². The monoisotopic (exact) mass is 504 g/mol. The second-order valence-corrected chi connectivity index (χ2v) is 11.8. The lowest BCUT2D eigenvalue weighted by molar-refractivity contribution is 0.0987. The maximum Gasteiger partial charge on any atom is 0.175 e. The van der Waals surface area contributed by atoms with Gasteiger partial charge in [0.2, 0.25) is 0 Å². The molecule has 7 nitrogen and oxygen atoms in total. The van der Waals surface area contributed by atoms with Gasteiger partial charge in [0, 0.05) is 46.4 Å². The molecule has 0 spiro atoms. The topological polar surface area (TPSA) is 88.2 Å². The smallest absolute Gasteiger partial charge is 0.175 e. The van der Waals surface area contributed by atoms with E-state index in [9.17, 15) is 8.42 Å². The molecule has 35 heavy (non-hydrogen) atoms. The van der Waals surface area contributed by atoms with Gasteiger partial charge in [-0.25, -0.2) is 18.4 Å². The molecule has 4 heterocycles. The van der Waals surface area contributed by atoms with Crippen molar-refractivity contribution >= 4 is 48.1 Å². The Morgan fingerprint density at radius 1 is 1.09 bits per heavy atom. The molecule has 1 aliphatic rings. The number of aromatic nitrogens is 3. The van der Waals surface area contributed by atoms with Crippen LogP contribution in [-0.4, -0.2) is 55.4 Å². The van der Waals surface area contributed by atoms with Gasteiger partial charge in [-0.3, -0.25) is 0 Å². The van der Waals surface area contributed by atoms with E-state index in [4.69, 9.17) is 14.7 Å². The van der Waals surface area contributed by atoms with Crippen molar-refractivity contribution in [2.45, 2.75) is 17.9 Å². The lowest BCUT2D eigenvalue weighted by Gasteiger charge is -2.34. The number of nitrogens with zero attached hydrogens (tertiary/aromatic N) is 3. The fraction of sp³-hybridized carbons (Fsp3) is 0.231. The molecule has 1 saturated heterocycles. The van der Waals surface area contributed by atoms with Gasteiger partial charge in [0.15, 0.2) is 21.5 Å². The van der Waals surface area contributed by atoms with Crippen molar-refractivity contribution in [3.05, 3.63) is 60.1 Å². The summed E-state index contributed by atoms with van der Waals surface area (Å²) in [5.41, 5.74) is 4.77. The van der Waals surface area contributed by atoms with Gasteiger partial charge in [0.25, 0.3) is 0 Å². The summed E-state index contributed by atoms with van der Waals surface area (Å²) in [6.45, 7) is 4.22. The third-order valence-corrected chi connectivity index (χ3v) is 8.56. The van der Waals surface area contributed by atoms with E-state index in [2.05, 4.69) is 28.3 Å². The molecular weight excluding hydrogens is 480 g/mol. The minimum Gasteiger partial charge on any atom is -0.377 e. The molecule has 0 radical (unpaired) electrons. The molecule has 0 aliphatic carbocycles. The van der Waals surface area contributed by atoms with Crippen molar-refractivity contribution in [1.29, 1.82) is 0 Å². The van der Waals surface area contributed by atoms with Gasteiger partial charge in [-0.15, -0.1) is 11.3 Å². The number of morpholine rings is 1. The molecule has 0 amide bonds. The number of H-pyrrole nitrogens is 1. The molecule has 1 atom stereocenters. The number of aromatic amines is 1. The van der Waals surface area contributed by atoms with Crippen LogP contribution in [0.5, 0.6) is 0 Å². The maximum absolute atomic E-state index is 11.9. The van der Waals surface area contributed by atoms with Crippen LogP contribution < -0.4 is 4.90 Å². The van der Waals surface area contributed by atoms with E-state index < -0.39 is 9.84 Å². The molecule has 5 aromatic rings. The quantitative estimate of drug-likeness (QED) is 0.365. The summed E-state index contributed by atoms with van der Waals surface area (Å²) >= 11 is 1.62. The number of fused-ring (bicyclic) bond motifs is 2. The van der Waals surface area contributed by atoms with Gasteiger partial charge in [0.05, 0.1) is 34.4 Å². The number of sulfone groups is 1. The van der Waals surface area contributed by atoms with E-state index in [1.165, 1.54) is 6.26 Å². The van der Waals surface area contributed by atoms with E-state index in [1.54, 1.807) is 23.5 Å². The average Bonchev–Trinajstić information content (AvgIpc) is 3.50. The number of hydrogen-bond donors (Lipinski definition) is 1. The predicted octanol–water partition coefficient (Wildman–Crippen LogP) is 5.14. The first-order valence-electron chi connectivity index (χ1n) is 11.4. The van der Waals surface area contributed by atoms with Crippen LogP contribution >= 0.6 is 11.3 Å². The van der Waals surface area contributed by atoms with Crippen LogP contribution in [-0.2, 0) is 14.6 Å². The Morgan fingerprint density at radius 3 is 2.69 bits per heavy atom. The molecule has 0 unspecified atom stereocenters. The highest BCUT2D eigenvalue weighted by Gasteiger charge is 2.26. The molecule has 0 bridgehead atoms. The van der Waals surface area contributed by atoms with Crippen LogP contribution in [0.2, 0.25) is 0 Å². The molecule has 178 valence electrons. The first-order chi connectivity index (χ1) is 16.9. The van der Waals surface area contributed by atoms with Gasteiger partial charge < -0.3 is 14.6 Å². The minimum absolute atomic E-state index is 0.192. The van der Waals surface area contributed by atoms with Crippen LogP contribution in [0.15, 0.2) is 65.0 Å². The third-order valence-electron chi connectivity index (χ3n) is 6.47. The van der Waals surface area contributed by atoms with Crippen LogP contribution in [0, 0.1) is 0 Å². The zero-order valence-corrected chi connectivity index (χ0v) is 21.0. The number of rotatable bonds is 4. The minimum atomic E-state index is -3.26. The average molecular weight is 505 g/mol.